The van der Waals surface area contributed by atoms with E-state index >= 15 is 0 Å². The molecule has 1 aliphatic carbocycles. The lowest BCUT2D eigenvalue weighted by Crippen LogP contribution is -2.24. The van der Waals surface area contributed by atoms with E-state index in [9.17, 15) is 0 Å². The Balaban J connectivity index is 1.63. The van der Waals surface area contributed by atoms with Crippen molar-refractivity contribution in [1.82, 2.24) is 10.1 Å². The first kappa shape index (κ1) is 9.39. The van der Waals surface area contributed by atoms with Crippen molar-refractivity contribution in [1.29, 1.82) is 0 Å². The third-order valence-corrected chi connectivity index (χ3v) is 2.99. The van der Waals surface area contributed by atoms with Crippen LogP contribution in [-0.2, 0) is 6.42 Å². The highest BCUT2D eigenvalue weighted by Gasteiger charge is 2.25. The lowest BCUT2D eigenvalue weighted by molar-refractivity contribution is 0.423. The highest BCUT2D eigenvalue weighted by molar-refractivity contribution is 5.41. The van der Waals surface area contributed by atoms with Gasteiger partial charge in [0.25, 0.3) is 0 Å². The van der Waals surface area contributed by atoms with Gasteiger partial charge < -0.3 is 9.84 Å². The van der Waals surface area contributed by atoms with Crippen molar-refractivity contribution in [2.24, 2.45) is 0 Å². The Bertz CT molecular complexity index is 506. The Kier molecular flexibility index (Phi) is 2.13. The Hall–Kier alpha value is -1.84. The number of hydrogen-bond acceptors (Lipinski definition) is 4. The Labute approximate surface area is 93.7 Å². The summed E-state index contributed by atoms with van der Waals surface area (Å²) in [5.74, 6) is 1.24. The smallest absolute Gasteiger partial charge is 0.321 e. The van der Waals surface area contributed by atoms with Crippen molar-refractivity contribution in [2.75, 3.05) is 11.9 Å². The first-order valence-electron chi connectivity index (χ1n) is 5.45. The van der Waals surface area contributed by atoms with Crippen LogP contribution in [0.1, 0.15) is 22.9 Å². The summed E-state index contributed by atoms with van der Waals surface area (Å²) in [7, 11) is 0. The highest BCUT2D eigenvalue weighted by Crippen LogP contribution is 2.34. The van der Waals surface area contributed by atoms with E-state index in [2.05, 4.69) is 39.7 Å². The third kappa shape index (κ3) is 1.56. The van der Waals surface area contributed by atoms with Crippen LogP contribution in [0.15, 0.2) is 28.8 Å². The summed E-state index contributed by atoms with van der Waals surface area (Å²) in [5.41, 5.74) is 2.89. The maximum atomic E-state index is 5.00. The summed E-state index contributed by atoms with van der Waals surface area (Å²) in [6.07, 6.45) is 1.14. The number of fused-ring (bicyclic) bond motifs is 1. The zero-order chi connectivity index (χ0) is 11.0. The quantitative estimate of drug-likeness (QED) is 0.852. The van der Waals surface area contributed by atoms with Gasteiger partial charge in [0.05, 0.1) is 0 Å². The molecule has 0 spiro atoms. The molecule has 4 heteroatoms. The second-order valence-corrected chi connectivity index (χ2v) is 4.13. The van der Waals surface area contributed by atoms with Crippen LogP contribution in [0, 0.1) is 6.92 Å². The summed E-state index contributed by atoms with van der Waals surface area (Å²) in [4.78, 5) is 4.11. The van der Waals surface area contributed by atoms with Crippen LogP contribution in [0.5, 0.6) is 0 Å². The summed E-state index contributed by atoms with van der Waals surface area (Å²) < 4.78 is 5.00. The van der Waals surface area contributed by atoms with Gasteiger partial charge in [0.2, 0.25) is 0 Å². The number of aromatic nitrogens is 2. The SMILES string of the molecule is Cc1noc(NCC2Cc3ccccc32)n1. The molecule has 0 fully saturated rings. The van der Waals surface area contributed by atoms with E-state index in [0.29, 0.717) is 17.8 Å². The zero-order valence-corrected chi connectivity index (χ0v) is 9.10. The van der Waals surface area contributed by atoms with Crippen LogP contribution in [0.2, 0.25) is 0 Å². The van der Waals surface area contributed by atoms with E-state index in [1.807, 2.05) is 6.92 Å². The molecule has 0 amide bonds. The van der Waals surface area contributed by atoms with Gasteiger partial charge in [0.1, 0.15) is 0 Å². The summed E-state index contributed by atoms with van der Waals surface area (Å²) in [6.45, 7) is 2.67. The van der Waals surface area contributed by atoms with Crippen LogP contribution in [0.4, 0.5) is 6.01 Å². The molecule has 1 aliphatic rings. The molecule has 1 heterocycles. The number of rotatable bonds is 3. The van der Waals surface area contributed by atoms with Crippen molar-refractivity contribution in [3.63, 3.8) is 0 Å². The predicted molar refractivity (Wildman–Crippen MR) is 60.4 cm³/mol. The molecule has 82 valence electrons. The molecule has 4 nitrogen and oxygen atoms in total. The van der Waals surface area contributed by atoms with Gasteiger partial charge in [0, 0.05) is 12.5 Å². The predicted octanol–water partition coefficient (Wildman–Crippen LogP) is 2.13. The molecule has 2 aromatic rings. The molecule has 0 radical (unpaired) electrons. The molecule has 1 atom stereocenters. The Morgan fingerprint density at radius 3 is 3.06 bits per heavy atom. The molecule has 16 heavy (non-hydrogen) atoms. The van der Waals surface area contributed by atoms with Crippen molar-refractivity contribution in [2.45, 2.75) is 19.3 Å². The van der Waals surface area contributed by atoms with Crippen molar-refractivity contribution >= 4 is 6.01 Å². The average Bonchev–Trinajstić information content (AvgIpc) is 2.66. The van der Waals surface area contributed by atoms with E-state index in [1.54, 1.807) is 0 Å². The number of hydrogen-bond donors (Lipinski definition) is 1. The van der Waals surface area contributed by atoms with Crippen LogP contribution in [0.25, 0.3) is 0 Å². The summed E-state index contributed by atoms with van der Waals surface area (Å²) >= 11 is 0. The molecule has 1 aromatic carbocycles. The maximum absolute atomic E-state index is 5.00. The monoisotopic (exact) mass is 215 g/mol. The van der Waals surface area contributed by atoms with Gasteiger partial charge in [-0.15, -0.1) is 0 Å². The number of aryl methyl sites for hydroxylation is 1. The standard InChI is InChI=1S/C12H13N3O/c1-8-14-12(16-15-8)13-7-10-6-9-4-2-3-5-11(9)10/h2-5,10H,6-7H2,1H3,(H,13,14,15). The minimum absolute atomic E-state index is 0.516. The fraction of sp³-hybridized carbons (Fsp3) is 0.333. The van der Waals surface area contributed by atoms with Gasteiger partial charge in [-0.1, -0.05) is 29.4 Å². The zero-order valence-electron chi connectivity index (χ0n) is 9.10. The van der Waals surface area contributed by atoms with Crippen LogP contribution < -0.4 is 5.32 Å². The fourth-order valence-electron chi connectivity index (χ4n) is 2.12. The van der Waals surface area contributed by atoms with Gasteiger partial charge in [-0.05, 0) is 24.5 Å². The Morgan fingerprint density at radius 2 is 2.31 bits per heavy atom. The van der Waals surface area contributed by atoms with Crippen LogP contribution in [-0.4, -0.2) is 16.7 Å². The van der Waals surface area contributed by atoms with E-state index in [1.165, 1.54) is 11.1 Å². The molecule has 0 saturated heterocycles. The minimum Gasteiger partial charge on any atom is -0.337 e. The molecular formula is C12H13N3O. The topological polar surface area (TPSA) is 51.0 Å². The third-order valence-electron chi connectivity index (χ3n) is 2.99. The second-order valence-electron chi connectivity index (χ2n) is 4.13. The van der Waals surface area contributed by atoms with E-state index < -0.39 is 0 Å². The molecular weight excluding hydrogens is 202 g/mol. The summed E-state index contributed by atoms with van der Waals surface area (Å²) in [6, 6.07) is 9.06. The van der Waals surface area contributed by atoms with Gasteiger partial charge in [0.15, 0.2) is 5.82 Å². The van der Waals surface area contributed by atoms with Crippen LogP contribution >= 0.6 is 0 Å². The molecule has 1 aromatic heterocycles. The fourth-order valence-corrected chi connectivity index (χ4v) is 2.12. The molecule has 0 bridgehead atoms. The minimum atomic E-state index is 0.516. The number of benzene rings is 1. The van der Waals surface area contributed by atoms with E-state index in [-0.39, 0.29) is 0 Å². The van der Waals surface area contributed by atoms with Gasteiger partial charge in [-0.25, -0.2) is 0 Å². The lowest BCUT2D eigenvalue weighted by atomic mass is 9.78. The number of nitrogens with one attached hydrogen (secondary N) is 1. The van der Waals surface area contributed by atoms with E-state index in [4.69, 9.17) is 4.52 Å². The lowest BCUT2D eigenvalue weighted by Gasteiger charge is -2.29. The molecule has 3 rings (SSSR count). The molecule has 1 unspecified atom stereocenters. The first-order chi connectivity index (χ1) is 7.83. The average molecular weight is 215 g/mol. The normalized spacial score (nSPS) is 17.7. The van der Waals surface area contributed by atoms with Gasteiger partial charge >= 0.3 is 6.01 Å². The van der Waals surface area contributed by atoms with Gasteiger partial charge in [-0.2, -0.15) is 4.98 Å². The van der Waals surface area contributed by atoms with Crippen molar-refractivity contribution < 1.29 is 4.52 Å². The van der Waals surface area contributed by atoms with Gasteiger partial charge in [-0.3, -0.25) is 0 Å². The van der Waals surface area contributed by atoms with Crippen LogP contribution in [0.3, 0.4) is 0 Å². The Morgan fingerprint density at radius 1 is 1.44 bits per heavy atom. The van der Waals surface area contributed by atoms with Crippen molar-refractivity contribution in [3.8, 4) is 0 Å². The van der Waals surface area contributed by atoms with E-state index in [0.717, 1.165) is 13.0 Å². The number of anilines is 1. The molecule has 0 saturated carbocycles. The maximum Gasteiger partial charge on any atom is 0.321 e. The number of nitrogens with zero attached hydrogens (tertiary/aromatic N) is 2. The second kappa shape index (κ2) is 3.63. The van der Waals surface area contributed by atoms with Crippen molar-refractivity contribution in [3.05, 3.63) is 41.2 Å². The highest BCUT2D eigenvalue weighted by atomic mass is 16.5. The first-order valence-corrected chi connectivity index (χ1v) is 5.45. The largest absolute Gasteiger partial charge is 0.337 e. The molecule has 0 aliphatic heterocycles. The molecule has 1 N–H and O–H groups in total. The summed E-state index contributed by atoms with van der Waals surface area (Å²) in [5, 5.41) is 6.90.